The fourth-order valence-electron chi connectivity index (χ4n) is 3.77. The zero-order chi connectivity index (χ0) is 25.9. The summed E-state index contributed by atoms with van der Waals surface area (Å²) in [4.78, 5) is 30.0. The first-order chi connectivity index (χ1) is 17.2. The average molecular weight is 491 g/mol. The van der Waals surface area contributed by atoms with Gasteiger partial charge in [-0.15, -0.1) is 5.10 Å². The highest BCUT2D eigenvalue weighted by atomic mass is 16.5. The average Bonchev–Trinajstić information content (AvgIpc) is 3.46. The van der Waals surface area contributed by atoms with Gasteiger partial charge in [-0.05, 0) is 42.5 Å². The van der Waals surface area contributed by atoms with Gasteiger partial charge in [-0.25, -0.2) is 9.67 Å². The largest absolute Gasteiger partial charge is 0.394 e. The maximum absolute atomic E-state index is 12.7. The van der Waals surface area contributed by atoms with Crippen molar-refractivity contribution < 1.29 is 19.4 Å². The van der Waals surface area contributed by atoms with E-state index in [1.807, 2.05) is 62.7 Å². The van der Waals surface area contributed by atoms with Crippen LogP contribution < -0.4 is 5.32 Å². The summed E-state index contributed by atoms with van der Waals surface area (Å²) in [6.45, 7) is 6.72. The Morgan fingerprint density at radius 3 is 2.53 bits per heavy atom. The Morgan fingerprint density at radius 2 is 1.83 bits per heavy atom. The monoisotopic (exact) mass is 490 g/mol. The maximum atomic E-state index is 12.7. The van der Waals surface area contributed by atoms with Crippen LogP contribution in [0.5, 0.6) is 0 Å². The van der Waals surface area contributed by atoms with E-state index < -0.39 is 5.41 Å². The van der Waals surface area contributed by atoms with Gasteiger partial charge >= 0.3 is 0 Å². The van der Waals surface area contributed by atoms with Crippen LogP contribution in [0.4, 0.5) is 5.69 Å². The fraction of sp³-hybridized carbons (Fsp3) is 0.346. The Kier molecular flexibility index (Phi) is 7.27. The molecule has 2 aromatic heterocycles. The number of Topliss-reactive ketones (excluding diaryl/α,β-unsaturated/α-hetero) is 1. The lowest BCUT2D eigenvalue weighted by Gasteiger charge is -2.16. The number of carbonyl (C=O) groups excluding carboxylic acids is 2. The number of fused-ring (bicyclic) bond motifs is 1. The van der Waals surface area contributed by atoms with Crippen molar-refractivity contribution in [3.8, 4) is 11.4 Å². The number of hydrogen-bond acceptors (Lipinski definition) is 7. The van der Waals surface area contributed by atoms with Crippen LogP contribution in [0.15, 0.2) is 48.7 Å². The molecule has 0 atom stereocenters. The van der Waals surface area contributed by atoms with E-state index in [1.165, 1.54) is 4.68 Å². The standard InChI is InChI=1S/C26H30N6O4/c1-26(2,3)23(34)18-7-10-22-20(15-18)28-24(31(22)4)17-5-8-19(9-6-17)27-25(35)21-16-32(30-29-21)11-13-36-14-12-33/h5-10,15-16,33H,11-14H2,1-4H3,(H,27,35). The van der Waals surface area contributed by atoms with E-state index in [9.17, 15) is 9.59 Å². The first kappa shape index (κ1) is 25.2. The Morgan fingerprint density at radius 1 is 1.08 bits per heavy atom. The molecule has 0 fully saturated rings. The molecule has 1 amide bonds. The summed E-state index contributed by atoms with van der Waals surface area (Å²) in [5, 5.41) is 19.4. The van der Waals surface area contributed by atoms with Crippen molar-refractivity contribution in [3.63, 3.8) is 0 Å². The van der Waals surface area contributed by atoms with E-state index in [1.54, 1.807) is 18.3 Å². The van der Waals surface area contributed by atoms with Gasteiger partial charge in [-0.2, -0.15) is 0 Å². The lowest BCUT2D eigenvalue weighted by molar-refractivity contribution is 0.0851. The summed E-state index contributed by atoms with van der Waals surface area (Å²) >= 11 is 0. The van der Waals surface area contributed by atoms with Crippen LogP contribution in [-0.2, 0) is 18.3 Å². The number of ketones is 1. The summed E-state index contributed by atoms with van der Waals surface area (Å²) in [6.07, 6.45) is 1.55. The smallest absolute Gasteiger partial charge is 0.277 e. The Bertz CT molecular complexity index is 1380. The molecule has 0 aliphatic carbocycles. The summed E-state index contributed by atoms with van der Waals surface area (Å²) < 4.78 is 8.69. The minimum atomic E-state index is -0.464. The Labute approximate surface area is 208 Å². The molecule has 10 heteroatoms. The van der Waals surface area contributed by atoms with Crippen molar-refractivity contribution in [2.24, 2.45) is 12.5 Å². The topological polar surface area (TPSA) is 124 Å². The lowest BCUT2D eigenvalue weighted by Crippen LogP contribution is -2.20. The van der Waals surface area contributed by atoms with Crippen LogP contribution in [-0.4, -0.2) is 61.2 Å². The number of amides is 1. The summed E-state index contributed by atoms with van der Waals surface area (Å²) in [5.74, 6) is 0.463. The number of hydrogen-bond donors (Lipinski definition) is 2. The van der Waals surface area contributed by atoms with Gasteiger partial charge in [0.05, 0.1) is 43.6 Å². The van der Waals surface area contributed by atoms with Crippen molar-refractivity contribution in [1.29, 1.82) is 0 Å². The molecule has 10 nitrogen and oxygen atoms in total. The second-order valence-corrected chi connectivity index (χ2v) is 9.51. The molecule has 2 aromatic carbocycles. The van der Waals surface area contributed by atoms with Crippen LogP contribution in [0.3, 0.4) is 0 Å². The third kappa shape index (κ3) is 5.50. The number of anilines is 1. The molecular formula is C26H30N6O4. The van der Waals surface area contributed by atoms with Gasteiger partial charge in [0.2, 0.25) is 0 Å². The first-order valence-electron chi connectivity index (χ1n) is 11.7. The van der Waals surface area contributed by atoms with Crippen LogP contribution in [0.1, 0.15) is 41.6 Å². The van der Waals surface area contributed by atoms with Gasteiger partial charge in [0.1, 0.15) is 5.82 Å². The number of nitrogens with one attached hydrogen (secondary N) is 1. The lowest BCUT2D eigenvalue weighted by atomic mass is 9.86. The zero-order valence-corrected chi connectivity index (χ0v) is 20.9. The number of nitrogens with zero attached hydrogens (tertiary/aromatic N) is 5. The highest BCUT2D eigenvalue weighted by Gasteiger charge is 2.23. The van der Waals surface area contributed by atoms with E-state index in [-0.39, 0.29) is 30.6 Å². The number of carbonyl (C=O) groups is 2. The van der Waals surface area contributed by atoms with Crippen LogP contribution in [0, 0.1) is 5.41 Å². The van der Waals surface area contributed by atoms with Crippen molar-refractivity contribution in [2.75, 3.05) is 25.1 Å². The Balaban J connectivity index is 1.46. The number of aromatic nitrogens is 5. The third-order valence-corrected chi connectivity index (χ3v) is 5.70. The molecule has 36 heavy (non-hydrogen) atoms. The number of aliphatic hydroxyl groups excluding tert-OH is 1. The van der Waals surface area contributed by atoms with Crippen molar-refractivity contribution in [3.05, 3.63) is 59.9 Å². The molecule has 0 bridgehead atoms. The second kappa shape index (κ2) is 10.4. The van der Waals surface area contributed by atoms with Crippen LogP contribution in [0.25, 0.3) is 22.4 Å². The van der Waals surface area contributed by atoms with Crippen LogP contribution >= 0.6 is 0 Å². The van der Waals surface area contributed by atoms with E-state index in [4.69, 9.17) is 14.8 Å². The number of rotatable bonds is 9. The van der Waals surface area contributed by atoms with Gasteiger partial charge in [0.15, 0.2) is 11.5 Å². The Hall–Kier alpha value is -3.89. The predicted octanol–water partition coefficient (Wildman–Crippen LogP) is 3.32. The molecule has 0 saturated carbocycles. The first-order valence-corrected chi connectivity index (χ1v) is 11.7. The minimum Gasteiger partial charge on any atom is -0.394 e. The molecular weight excluding hydrogens is 460 g/mol. The molecule has 2 heterocycles. The van der Waals surface area contributed by atoms with Crippen molar-refractivity contribution in [2.45, 2.75) is 27.3 Å². The summed E-state index contributed by atoms with van der Waals surface area (Å²) in [6, 6.07) is 13.0. The minimum absolute atomic E-state index is 0.0419. The van der Waals surface area contributed by atoms with E-state index >= 15 is 0 Å². The number of benzene rings is 2. The quantitative estimate of drug-likeness (QED) is 0.272. The van der Waals surface area contributed by atoms with E-state index in [0.717, 1.165) is 22.4 Å². The SMILES string of the molecule is Cn1c(-c2ccc(NC(=O)c3cn(CCOCCO)nn3)cc2)nc2cc(C(=O)C(C)(C)C)ccc21. The van der Waals surface area contributed by atoms with Gasteiger partial charge in [-0.3, -0.25) is 9.59 Å². The zero-order valence-electron chi connectivity index (χ0n) is 20.9. The molecule has 4 rings (SSSR count). The second-order valence-electron chi connectivity index (χ2n) is 9.51. The molecule has 4 aromatic rings. The molecule has 188 valence electrons. The van der Waals surface area contributed by atoms with Gasteiger partial charge in [0, 0.05) is 29.3 Å². The van der Waals surface area contributed by atoms with Crippen LogP contribution in [0.2, 0.25) is 0 Å². The normalized spacial score (nSPS) is 11.7. The van der Waals surface area contributed by atoms with Gasteiger partial charge in [0.25, 0.3) is 5.91 Å². The van der Waals surface area contributed by atoms with Gasteiger partial charge in [-0.1, -0.05) is 26.0 Å². The molecule has 0 aliphatic rings. The van der Waals surface area contributed by atoms with Crippen molar-refractivity contribution in [1.82, 2.24) is 24.5 Å². The number of aliphatic hydroxyl groups is 1. The molecule has 0 unspecified atom stereocenters. The molecule has 0 aliphatic heterocycles. The molecule has 0 saturated heterocycles. The number of imidazole rings is 1. The number of ether oxygens (including phenoxy) is 1. The van der Waals surface area contributed by atoms with E-state index in [0.29, 0.717) is 24.4 Å². The maximum Gasteiger partial charge on any atom is 0.277 e. The van der Waals surface area contributed by atoms with Crippen molar-refractivity contribution >= 4 is 28.4 Å². The van der Waals surface area contributed by atoms with E-state index in [2.05, 4.69) is 15.6 Å². The fourth-order valence-corrected chi connectivity index (χ4v) is 3.77. The summed E-state index contributed by atoms with van der Waals surface area (Å²) in [5.41, 5.74) is 3.55. The molecule has 0 spiro atoms. The molecule has 0 radical (unpaired) electrons. The predicted molar refractivity (Wildman–Crippen MR) is 136 cm³/mol. The molecule has 2 N–H and O–H groups in total. The highest BCUT2D eigenvalue weighted by molar-refractivity contribution is 6.03. The highest BCUT2D eigenvalue weighted by Crippen LogP contribution is 2.28. The number of aryl methyl sites for hydroxylation is 1. The van der Waals surface area contributed by atoms with Gasteiger partial charge < -0.3 is 19.7 Å². The third-order valence-electron chi connectivity index (χ3n) is 5.70. The summed E-state index contributed by atoms with van der Waals surface area (Å²) in [7, 11) is 1.93.